The van der Waals surface area contributed by atoms with Gasteiger partial charge in [-0.3, -0.25) is 4.79 Å². The average Bonchev–Trinajstić information content (AvgIpc) is 2.71. The summed E-state index contributed by atoms with van der Waals surface area (Å²) in [4.78, 5) is 11.3. The summed E-state index contributed by atoms with van der Waals surface area (Å²) in [5, 5.41) is 0.874. The van der Waals surface area contributed by atoms with E-state index in [1.165, 1.54) is 0 Å². The Morgan fingerprint density at radius 3 is 1.46 bits per heavy atom. The van der Waals surface area contributed by atoms with Gasteiger partial charge in [-0.2, -0.15) is 61.5 Å². The molecule has 0 fully saturated rings. The normalized spacial score (nSPS) is 14.9. The van der Waals surface area contributed by atoms with Crippen LogP contribution in [0.4, 0.5) is 70.2 Å². The first-order valence-corrected chi connectivity index (χ1v) is 8.67. The summed E-state index contributed by atoms with van der Waals surface area (Å²) in [5.41, 5.74) is -0.237. The molecule has 0 radical (unpaired) electrons. The van der Waals surface area contributed by atoms with Crippen molar-refractivity contribution in [3.05, 3.63) is 34.9 Å². The summed E-state index contributed by atoms with van der Waals surface area (Å²) in [5.74, 6) is -59.7. The molecule has 0 unspecified atom stereocenters. The molecular weight excluding hydrogens is 562 g/mol. The van der Waals surface area contributed by atoms with Crippen LogP contribution < -0.4 is 5.32 Å². The van der Waals surface area contributed by atoms with Crippen LogP contribution in [0.15, 0.2) is 24.3 Å². The Morgan fingerprint density at radius 1 is 0.686 bits per heavy atom. The van der Waals surface area contributed by atoms with Crippen LogP contribution in [0.1, 0.15) is 5.56 Å². The van der Waals surface area contributed by atoms with E-state index < -0.39 is 60.3 Å². The number of nitrogens with one attached hydrogen (secondary N) is 1. The molecule has 1 amide bonds. The molecule has 0 aliphatic heterocycles. The second kappa shape index (κ2) is 9.06. The van der Waals surface area contributed by atoms with E-state index in [0.717, 1.165) is 29.6 Å². The highest BCUT2D eigenvalue weighted by atomic mass is 35.5. The lowest BCUT2D eigenvalue weighted by Crippen LogP contribution is -2.74. The van der Waals surface area contributed by atoms with Gasteiger partial charge in [-0.15, -0.1) is 0 Å². The van der Waals surface area contributed by atoms with Crippen molar-refractivity contribution in [2.45, 2.75) is 54.4 Å². The molecule has 0 aromatic heterocycles. The summed E-state index contributed by atoms with van der Waals surface area (Å²) in [6, 6.07) is 3.99. The third-order valence-electron chi connectivity index (χ3n) is 4.32. The predicted octanol–water partition coefficient (Wildman–Crippen LogP) is 6.67. The van der Waals surface area contributed by atoms with Gasteiger partial charge in [-0.1, -0.05) is 23.7 Å². The van der Waals surface area contributed by atoms with Crippen molar-refractivity contribution in [2.75, 3.05) is 0 Å². The summed E-state index contributed by atoms with van der Waals surface area (Å²) in [6.45, 7) is -1.20. The van der Waals surface area contributed by atoms with Crippen LogP contribution in [-0.2, 0) is 11.3 Å². The molecule has 0 atom stereocenters. The fourth-order valence-corrected chi connectivity index (χ4v) is 2.30. The van der Waals surface area contributed by atoms with Gasteiger partial charge >= 0.3 is 47.9 Å². The Kier molecular flexibility index (Phi) is 8.00. The Labute approximate surface area is 188 Å². The molecule has 1 aromatic carbocycles. The number of carbonyl (C=O) groups excluding carboxylic acids is 1. The molecule has 0 aliphatic rings. The zero-order valence-electron chi connectivity index (χ0n) is 15.9. The minimum atomic E-state index is -8.55. The van der Waals surface area contributed by atoms with E-state index >= 15 is 0 Å². The fourth-order valence-electron chi connectivity index (χ4n) is 2.17. The van der Waals surface area contributed by atoms with Crippen LogP contribution in [0, 0.1) is 0 Å². The van der Waals surface area contributed by atoms with E-state index in [9.17, 15) is 75.0 Å². The van der Waals surface area contributed by atoms with E-state index in [1.807, 2.05) is 0 Å². The summed E-state index contributed by atoms with van der Waals surface area (Å²) < 4.78 is 212. The van der Waals surface area contributed by atoms with Gasteiger partial charge in [0, 0.05) is 11.6 Å². The van der Waals surface area contributed by atoms with Gasteiger partial charge in [-0.05, 0) is 17.7 Å². The van der Waals surface area contributed by atoms with E-state index in [2.05, 4.69) is 0 Å². The SMILES string of the molecule is O=C(NCc1ccc(Cl)cc1)C(F)(F)C(F)(F)C(F)(F)C(F)(F)C(F)(F)C(F)(F)C(F)(F)C(F)F. The van der Waals surface area contributed by atoms with Crippen molar-refractivity contribution >= 4 is 17.5 Å². The second-order valence-electron chi connectivity index (χ2n) is 6.68. The lowest BCUT2D eigenvalue weighted by atomic mass is 9.89. The van der Waals surface area contributed by atoms with E-state index in [1.54, 1.807) is 0 Å². The predicted molar refractivity (Wildman–Crippen MR) is 83.9 cm³/mol. The van der Waals surface area contributed by atoms with Gasteiger partial charge in [0.1, 0.15) is 0 Å². The quantitative estimate of drug-likeness (QED) is 0.314. The molecule has 202 valence electrons. The van der Waals surface area contributed by atoms with Crippen LogP contribution in [-0.4, -0.2) is 53.8 Å². The van der Waals surface area contributed by atoms with Gasteiger partial charge in [0.25, 0.3) is 5.91 Å². The summed E-state index contributed by atoms with van der Waals surface area (Å²) >= 11 is 5.45. The maximum atomic E-state index is 13.7. The molecule has 0 saturated heterocycles. The minimum Gasteiger partial charge on any atom is -0.347 e. The topological polar surface area (TPSA) is 29.1 Å². The van der Waals surface area contributed by atoms with Gasteiger partial charge < -0.3 is 5.32 Å². The summed E-state index contributed by atoms with van der Waals surface area (Å²) in [7, 11) is 0. The first-order valence-electron chi connectivity index (χ1n) is 8.29. The van der Waals surface area contributed by atoms with Gasteiger partial charge in [-0.25, -0.2) is 8.78 Å². The van der Waals surface area contributed by atoms with Crippen molar-refractivity contribution in [2.24, 2.45) is 0 Å². The molecule has 2 nitrogen and oxygen atoms in total. The van der Waals surface area contributed by atoms with Crippen molar-refractivity contribution in [3.8, 4) is 0 Å². The lowest BCUT2D eigenvalue weighted by Gasteiger charge is -2.42. The molecule has 0 aliphatic carbocycles. The molecular formula is C16H8ClF16NO. The van der Waals surface area contributed by atoms with Crippen molar-refractivity contribution in [1.82, 2.24) is 5.32 Å². The fraction of sp³-hybridized carbons (Fsp3) is 0.562. The zero-order valence-corrected chi connectivity index (χ0v) is 16.7. The molecule has 1 aromatic rings. The average molecular weight is 570 g/mol. The number of alkyl halides is 16. The number of amides is 1. The Hall–Kier alpha value is -2.14. The number of hydrogen-bond acceptors (Lipinski definition) is 1. The van der Waals surface area contributed by atoms with E-state index in [0.29, 0.717) is 0 Å². The third-order valence-corrected chi connectivity index (χ3v) is 4.57. The van der Waals surface area contributed by atoms with Crippen molar-refractivity contribution in [3.63, 3.8) is 0 Å². The molecule has 0 saturated carbocycles. The number of halogens is 17. The summed E-state index contributed by atoms with van der Waals surface area (Å²) in [6.07, 6.45) is -5.92. The first-order chi connectivity index (χ1) is 15.3. The van der Waals surface area contributed by atoms with Crippen LogP contribution in [0.3, 0.4) is 0 Å². The Balaban J connectivity index is 3.41. The van der Waals surface area contributed by atoms with Crippen LogP contribution in [0.5, 0.6) is 0 Å². The lowest BCUT2D eigenvalue weighted by molar-refractivity contribution is -0.443. The number of carbonyl (C=O) groups is 1. The molecule has 0 bridgehead atoms. The monoisotopic (exact) mass is 569 g/mol. The van der Waals surface area contributed by atoms with Crippen LogP contribution in [0.25, 0.3) is 0 Å². The smallest absolute Gasteiger partial charge is 0.347 e. The van der Waals surface area contributed by atoms with Crippen LogP contribution >= 0.6 is 11.6 Å². The standard InChI is InChI=1S/C16H8ClF16NO/c17-7-3-1-6(2-4-7)5-34-9(35)11(22,23)13(26,27)15(30,31)16(32,33)14(28,29)12(24,25)10(20,21)8(18)19/h1-4,8H,5H2,(H,34,35). The highest BCUT2D eigenvalue weighted by molar-refractivity contribution is 6.30. The Morgan fingerprint density at radius 2 is 1.06 bits per heavy atom. The highest BCUT2D eigenvalue weighted by Gasteiger charge is 2.94. The molecule has 19 heteroatoms. The Bertz CT molecular complexity index is 915. The van der Waals surface area contributed by atoms with Gasteiger partial charge in [0.05, 0.1) is 0 Å². The highest BCUT2D eigenvalue weighted by Crippen LogP contribution is 2.62. The van der Waals surface area contributed by atoms with Gasteiger partial charge in [0.2, 0.25) is 0 Å². The number of hydrogen-bond donors (Lipinski definition) is 1. The van der Waals surface area contributed by atoms with E-state index in [4.69, 9.17) is 11.6 Å². The van der Waals surface area contributed by atoms with Crippen LogP contribution in [0.2, 0.25) is 5.02 Å². The van der Waals surface area contributed by atoms with E-state index in [-0.39, 0.29) is 10.6 Å². The van der Waals surface area contributed by atoms with Crippen molar-refractivity contribution < 1.29 is 75.0 Å². The number of benzene rings is 1. The molecule has 35 heavy (non-hydrogen) atoms. The maximum absolute atomic E-state index is 13.7. The number of rotatable bonds is 10. The van der Waals surface area contributed by atoms with Crippen molar-refractivity contribution in [1.29, 1.82) is 0 Å². The minimum absolute atomic E-state index is 0.0222. The van der Waals surface area contributed by atoms with Gasteiger partial charge in [0.15, 0.2) is 0 Å². The maximum Gasteiger partial charge on any atom is 0.392 e. The molecule has 0 spiro atoms. The molecule has 1 N–H and O–H groups in total. The molecule has 1 rings (SSSR count). The first kappa shape index (κ1) is 30.9. The zero-order chi connectivity index (χ0) is 28.1. The largest absolute Gasteiger partial charge is 0.392 e. The molecule has 0 heterocycles. The second-order valence-corrected chi connectivity index (χ2v) is 7.12. The third kappa shape index (κ3) is 4.57.